The molecular weight excluding hydrogens is 372 g/mol. The van der Waals surface area contributed by atoms with E-state index in [4.69, 9.17) is 0 Å². The van der Waals surface area contributed by atoms with Crippen LogP contribution in [-0.4, -0.2) is 31.6 Å². The zero-order valence-corrected chi connectivity index (χ0v) is 18.4. The summed E-state index contributed by atoms with van der Waals surface area (Å²) in [6.07, 6.45) is 5.88. The average Bonchev–Trinajstić information content (AvgIpc) is 2.88. The molecule has 1 saturated carbocycles. The summed E-state index contributed by atoms with van der Waals surface area (Å²) < 4.78 is 26.9. The van der Waals surface area contributed by atoms with Crippen molar-refractivity contribution in [3.63, 3.8) is 0 Å². The van der Waals surface area contributed by atoms with Crippen LogP contribution in [0.4, 0.5) is 0 Å². The predicted molar refractivity (Wildman–Crippen MR) is 114 cm³/mol. The molecule has 1 fully saturated rings. The van der Waals surface area contributed by atoms with Crippen molar-refractivity contribution in [2.75, 3.05) is 12.8 Å². The molecule has 0 amide bonds. The lowest BCUT2D eigenvalue weighted by molar-refractivity contribution is 0.0946. The second-order valence-corrected chi connectivity index (χ2v) is 11.1. The van der Waals surface area contributed by atoms with E-state index >= 15 is 0 Å². The van der Waals surface area contributed by atoms with Gasteiger partial charge in [-0.15, -0.1) is 0 Å². The van der Waals surface area contributed by atoms with Crippen LogP contribution in [0.15, 0.2) is 30.5 Å². The third-order valence-electron chi connectivity index (χ3n) is 6.78. The number of nitrogens with one attached hydrogen (secondary N) is 1. The molecule has 1 aromatic carbocycles. The van der Waals surface area contributed by atoms with Gasteiger partial charge in [0.2, 0.25) is 10.0 Å². The van der Waals surface area contributed by atoms with Crippen molar-refractivity contribution in [3.8, 4) is 0 Å². The monoisotopic (exact) mass is 404 g/mol. The van der Waals surface area contributed by atoms with E-state index in [1.54, 1.807) is 0 Å². The summed E-state index contributed by atoms with van der Waals surface area (Å²) in [5.41, 5.74) is 1.98. The SMILES string of the molecule is CC1(C)C(C(=O)c2cn(CCCCCNS(C)(=O)=O)c3ccccc23)C1(C)C. The van der Waals surface area contributed by atoms with Crippen molar-refractivity contribution in [1.82, 2.24) is 9.29 Å². The lowest BCUT2D eigenvalue weighted by Crippen LogP contribution is -2.22. The number of para-hydroxylation sites is 1. The van der Waals surface area contributed by atoms with Crippen LogP contribution in [0.25, 0.3) is 10.9 Å². The quantitative estimate of drug-likeness (QED) is 0.502. The number of rotatable bonds is 9. The molecule has 0 saturated heterocycles. The maximum Gasteiger partial charge on any atom is 0.208 e. The number of hydrogen-bond donors (Lipinski definition) is 1. The fourth-order valence-electron chi connectivity index (χ4n) is 4.48. The molecule has 3 rings (SSSR count). The number of carbonyl (C=O) groups excluding carboxylic acids is 1. The third kappa shape index (κ3) is 3.90. The van der Waals surface area contributed by atoms with Gasteiger partial charge in [-0.05, 0) is 29.7 Å². The summed E-state index contributed by atoms with van der Waals surface area (Å²) >= 11 is 0. The maximum absolute atomic E-state index is 13.3. The van der Waals surface area contributed by atoms with E-state index in [2.05, 4.69) is 43.1 Å². The number of Topliss-reactive ketones (excluding diaryl/α,β-unsaturated/α-hetero) is 1. The number of sulfonamides is 1. The zero-order valence-electron chi connectivity index (χ0n) is 17.6. The standard InChI is InChI=1S/C22H32N2O3S/c1-21(2)20(22(21,3)4)19(25)17-15-24(18-12-8-7-11-16(17)18)14-10-6-9-13-23-28(5,26)27/h7-8,11-12,15,20,23H,6,9-10,13-14H2,1-5H3. The minimum atomic E-state index is -3.11. The van der Waals surface area contributed by atoms with Crippen LogP contribution in [0.2, 0.25) is 0 Å². The summed E-state index contributed by atoms with van der Waals surface area (Å²) in [4.78, 5) is 13.3. The molecule has 0 spiro atoms. The topological polar surface area (TPSA) is 68.2 Å². The normalized spacial score (nSPS) is 18.5. The van der Waals surface area contributed by atoms with Gasteiger partial charge in [0, 0.05) is 41.7 Å². The van der Waals surface area contributed by atoms with E-state index in [1.165, 1.54) is 6.26 Å². The number of carbonyl (C=O) groups is 1. The molecule has 6 heteroatoms. The van der Waals surface area contributed by atoms with Gasteiger partial charge in [0.1, 0.15) is 0 Å². The largest absolute Gasteiger partial charge is 0.347 e. The minimum Gasteiger partial charge on any atom is -0.347 e. The van der Waals surface area contributed by atoms with E-state index < -0.39 is 10.0 Å². The Hall–Kier alpha value is -1.66. The summed E-state index contributed by atoms with van der Waals surface area (Å²) in [7, 11) is -3.11. The highest BCUT2D eigenvalue weighted by molar-refractivity contribution is 7.88. The lowest BCUT2D eigenvalue weighted by atomic mass is 10.0. The number of ketones is 1. The average molecular weight is 405 g/mol. The van der Waals surface area contributed by atoms with Gasteiger partial charge in [-0.25, -0.2) is 13.1 Å². The van der Waals surface area contributed by atoms with Gasteiger partial charge in [0.05, 0.1) is 6.26 Å². The van der Waals surface area contributed by atoms with Crippen LogP contribution in [0.1, 0.15) is 57.3 Å². The summed E-state index contributed by atoms with van der Waals surface area (Å²) in [6, 6.07) is 8.11. The number of aryl methyl sites for hydroxylation is 1. The summed E-state index contributed by atoms with van der Waals surface area (Å²) in [5, 5.41) is 1.03. The molecule has 0 bridgehead atoms. The molecule has 0 radical (unpaired) electrons. The van der Waals surface area contributed by atoms with Crippen molar-refractivity contribution in [1.29, 1.82) is 0 Å². The number of nitrogens with zero attached hydrogens (tertiary/aromatic N) is 1. The molecule has 1 N–H and O–H groups in total. The molecule has 1 aliphatic rings. The van der Waals surface area contributed by atoms with Gasteiger partial charge >= 0.3 is 0 Å². The van der Waals surface area contributed by atoms with Gasteiger partial charge in [0.15, 0.2) is 5.78 Å². The number of benzene rings is 1. The van der Waals surface area contributed by atoms with Crippen molar-refractivity contribution in [3.05, 3.63) is 36.0 Å². The fourth-order valence-corrected chi connectivity index (χ4v) is 4.99. The van der Waals surface area contributed by atoms with E-state index in [0.29, 0.717) is 6.54 Å². The minimum absolute atomic E-state index is 0.0277. The Morgan fingerprint density at radius 2 is 1.71 bits per heavy atom. The molecule has 0 unspecified atom stereocenters. The molecule has 0 aliphatic heterocycles. The zero-order chi connectivity index (χ0) is 20.7. The van der Waals surface area contributed by atoms with Crippen molar-refractivity contribution < 1.29 is 13.2 Å². The second-order valence-electron chi connectivity index (χ2n) is 9.22. The summed E-state index contributed by atoms with van der Waals surface area (Å²) in [6.45, 7) is 10.0. The van der Waals surface area contributed by atoms with Crippen LogP contribution in [0.5, 0.6) is 0 Å². The van der Waals surface area contributed by atoms with Crippen LogP contribution < -0.4 is 4.72 Å². The van der Waals surface area contributed by atoms with Crippen LogP contribution >= 0.6 is 0 Å². The second kappa shape index (κ2) is 7.30. The van der Waals surface area contributed by atoms with Gasteiger partial charge in [-0.1, -0.05) is 52.3 Å². The molecule has 0 atom stereocenters. The first-order valence-electron chi connectivity index (χ1n) is 10.0. The van der Waals surface area contributed by atoms with Gasteiger partial charge < -0.3 is 4.57 Å². The van der Waals surface area contributed by atoms with Gasteiger partial charge in [-0.2, -0.15) is 0 Å². The molecular formula is C22H32N2O3S. The first-order valence-corrected chi connectivity index (χ1v) is 11.9. The third-order valence-corrected chi connectivity index (χ3v) is 7.51. The molecule has 1 aliphatic carbocycles. The Labute approximate surface area is 168 Å². The van der Waals surface area contributed by atoms with Gasteiger partial charge in [0.25, 0.3) is 0 Å². The van der Waals surface area contributed by atoms with Gasteiger partial charge in [-0.3, -0.25) is 4.79 Å². The van der Waals surface area contributed by atoms with Crippen LogP contribution in [0, 0.1) is 16.7 Å². The van der Waals surface area contributed by atoms with E-state index in [1.807, 2.05) is 24.4 Å². The predicted octanol–water partition coefficient (Wildman–Crippen LogP) is 4.23. The first-order chi connectivity index (χ1) is 13.0. The first kappa shape index (κ1) is 21.1. The smallest absolute Gasteiger partial charge is 0.208 e. The molecule has 1 heterocycles. The van der Waals surface area contributed by atoms with Crippen molar-refractivity contribution in [2.24, 2.45) is 16.7 Å². The van der Waals surface area contributed by atoms with Crippen LogP contribution in [0.3, 0.4) is 0 Å². The Morgan fingerprint density at radius 3 is 2.32 bits per heavy atom. The number of fused-ring (bicyclic) bond motifs is 1. The van der Waals surface area contributed by atoms with Crippen LogP contribution in [-0.2, 0) is 16.6 Å². The highest BCUT2D eigenvalue weighted by atomic mass is 32.2. The molecule has 28 heavy (non-hydrogen) atoms. The lowest BCUT2D eigenvalue weighted by Gasteiger charge is -2.06. The molecule has 5 nitrogen and oxygen atoms in total. The Kier molecular flexibility index (Phi) is 5.49. The highest BCUT2D eigenvalue weighted by Crippen LogP contribution is 2.69. The van der Waals surface area contributed by atoms with Crippen molar-refractivity contribution in [2.45, 2.75) is 53.5 Å². The number of unbranched alkanes of at least 4 members (excludes halogenated alkanes) is 2. The van der Waals surface area contributed by atoms with E-state index in [-0.39, 0.29) is 22.5 Å². The molecule has 1 aromatic heterocycles. The van der Waals surface area contributed by atoms with Crippen molar-refractivity contribution >= 4 is 26.7 Å². The number of hydrogen-bond acceptors (Lipinski definition) is 3. The summed E-state index contributed by atoms with van der Waals surface area (Å²) in [5.74, 6) is 0.309. The van der Waals surface area contributed by atoms with E-state index in [9.17, 15) is 13.2 Å². The Bertz CT molecular complexity index is 972. The highest BCUT2D eigenvalue weighted by Gasteiger charge is 2.68. The Balaban J connectivity index is 1.70. The molecule has 154 valence electrons. The molecule has 2 aromatic rings. The Morgan fingerprint density at radius 1 is 1.07 bits per heavy atom. The van der Waals surface area contributed by atoms with E-state index in [0.717, 1.165) is 42.3 Å². The fraction of sp³-hybridized carbons (Fsp3) is 0.591. The number of aromatic nitrogens is 1. The maximum atomic E-state index is 13.3.